The molecule has 2 heterocycles. The van der Waals surface area contributed by atoms with Crippen LogP contribution in [0.4, 0.5) is 0 Å². The first-order valence-corrected chi connectivity index (χ1v) is 5.42. The van der Waals surface area contributed by atoms with Crippen LogP contribution in [-0.2, 0) is 16.6 Å². The van der Waals surface area contributed by atoms with Crippen LogP contribution in [0, 0.1) is 0 Å². The van der Waals surface area contributed by atoms with Crippen molar-refractivity contribution in [2.45, 2.75) is 32.6 Å². The molecule has 0 aliphatic carbocycles. The number of imidazole rings is 1. The average Bonchev–Trinajstić information content (AvgIpc) is 2.58. The van der Waals surface area contributed by atoms with Crippen LogP contribution in [0.5, 0.6) is 0 Å². The van der Waals surface area contributed by atoms with Crippen molar-refractivity contribution in [1.82, 2.24) is 14.4 Å². The fourth-order valence-electron chi connectivity index (χ4n) is 1.55. The van der Waals surface area contributed by atoms with Gasteiger partial charge in [-0.2, -0.15) is 0 Å². The van der Waals surface area contributed by atoms with Crippen molar-refractivity contribution in [2.24, 2.45) is 0 Å². The molecule has 0 amide bonds. The van der Waals surface area contributed by atoms with Crippen LogP contribution in [0.3, 0.4) is 0 Å². The van der Waals surface area contributed by atoms with Crippen LogP contribution in [0.1, 0.15) is 32.0 Å². The average molecular weight is 233 g/mol. The molecule has 0 aromatic carbocycles. The SMILES string of the molecule is CC(C)(C)c1cn2cc(CC(=O)O)cnc2n1. The molecule has 0 aliphatic heterocycles. The Labute approximate surface area is 99.1 Å². The van der Waals surface area contributed by atoms with Crippen molar-refractivity contribution >= 4 is 11.7 Å². The Morgan fingerprint density at radius 2 is 2.12 bits per heavy atom. The van der Waals surface area contributed by atoms with Crippen LogP contribution in [0.15, 0.2) is 18.6 Å². The highest BCUT2D eigenvalue weighted by molar-refractivity contribution is 5.69. The number of fused-ring (bicyclic) bond motifs is 1. The molecule has 1 N–H and O–H groups in total. The van der Waals surface area contributed by atoms with Crippen molar-refractivity contribution in [2.75, 3.05) is 0 Å². The van der Waals surface area contributed by atoms with E-state index in [2.05, 4.69) is 30.7 Å². The Bertz CT molecular complexity index is 567. The second-order valence-corrected chi connectivity index (χ2v) is 5.12. The second kappa shape index (κ2) is 3.84. The van der Waals surface area contributed by atoms with Gasteiger partial charge in [-0.3, -0.25) is 9.20 Å². The molecule has 0 bridgehead atoms. The lowest BCUT2D eigenvalue weighted by atomic mass is 9.93. The molecule has 0 fully saturated rings. The van der Waals surface area contributed by atoms with Gasteiger partial charge in [-0.25, -0.2) is 9.97 Å². The highest BCUT2D eigenvalue weighted by Crippen LogP contribution is 2.21. The number of carbonyl (C=O) groups is 1. The van der Waals surface area contributed by atoms with Gasteiger partial charge in [0.05, 0.1) is 12.1 Å². The molecule has 0 saturated heterocycles. The molecule has 2 aromatic heterocycles. The van der Waals surface area contributed by atoms with Gasteiger partial charge in [0.1, 0.15) is 0 Å². The van der Waals surface area contributed by atoms with Crippen molar-refractivity contribution in [3.8, 4) is 0 Å². The number of carboxylic acid groups (broad SMARTS) is 1. The zero-order valence-electron chi connectivity index (χ0n) is 10.1. The van der Waals surface area contributed by atoms with Gasteiger partial charge in [-0.1, -0.05) is 20.8 Å². The Morgan fingerprint density at radius 1 is 1.41 bits per heavy atom. The van der Waals surface area contributed by atoms with Gasteiger partial charge in [-0.05, 0) is 5.56 Å². The highest BCUT2D eigenvalue weighted by Gasteiger charge is 2.18. The lowest BCUT2D eigenvalue weighted by molar-refractivity contribution is -0.136. The van der Waals surface area contributed by atoms with E-state index in [9.17, 15) is 4.79 Å². The van der Waals surface area contributed by atoms with E-state index in [1.165, 1.54) is 0 Å². The maximum absolute atomic E-state index is 10.6. The summed E-state index contributed by atoms with van der Waals surface area (Å²) in [5.74, 6) is -0.258. The second-order valence-electron chi connectivity index (χ2n) is 5.12. The van der Waals surface area contributed by atoms with Crippen molar-refractivity contribution in [3.63, 3.8) is 0 Å². The molecule has 2 rings (SSSR count). The van der Waals surface area contributed by atoms with Gasteiger partial charge in [-0.15, -0.1) is 0 Å². The van der Waals surface area contributed by atoms with Crippen LogP contribution in [0.25, 0.3) is 5.78 Å². The van der Waals surface area contributed by atoms with Gasteiger partial charge in [0.25, 0.3) is 0 Å². The van der Waals surface area contributed by atoms with E-state index in [4.69, 9.17) is 5.11 Å². The first kappa shape index (κ1) is 11.6. The minimum atomic E-state index is -0.859. The zero-order chi connectivity index (χ0) is 12.6. The molecular weight excluding hydrogens is 218 g/mol. The summed E-state index contributed by atoms with van der Waals surface area (Å²) < 4.78 is 1.78. The predicted octanol–water partition coefficient (Wildman–Crippen LogP) is 1.65. The molecule has 0 saturated carbocycles. The lowest BCUT2D eigenvalue weighted by Gasteiger charge is -2.13. The van der Waals surface area contributed by atoms with E-state index in [1.807, 2.05) is 6.20 Å². The fraction of sp³-hybridized carbons (Fsp3) is 0.417. The first-order valence-electron chi connectivity index (χ1n) is 5.42. The fourth-order valence-corrected chi connectivity index (χ4v) is 1.55. The summed E-state index contributed by atoms with van der Waals surface area (Å²) in [4.78, 5) is 19.2. The Hall–Kier alpha value is -1.91. The maximum atomic E-state index is 10.6. The van der Waals surface area contributed by atoms with E-state index in [-0.39, 0.29) is 11.8 Å². The normalized spacial score (nSPS) is 11.9. The van der Waals surface area contributed by atoms with E-state index in [0.29, 0.717) is 11.3 Å². The van der Waals surface area contributed by atoms with Crippen LogP contribution >= 0.6 is 0 Å². The molecule has 0 spiro atoms. The third-order valence-electron chi connectivity index (χ3n) is 2.49. The number of nitrogens with zero attached hydrogens (tertiary/aromatic N) is 3. The van der Waals surface area contributed by atoms with Gasteiger partial charge >= 0.3 is 5.97 Å². The Kier molecular flexibility index (Phi) is 2.61. The highest BCUT2D eigenvalue weighted by atomic mass is 16.4. The topological polar surface area (TPSA) is 67.5 Å². The van der Waals surface area contributed by atoms with E-state index in [1.54, 1.807) is 16.8 Å². The molecule has 0 atom stereocenters. The van der Waals surface area contributed by atoms with E-state index >= 15 is 0 Å². The van der Waals surface area contributed by atoms with E-state index in [0.717, 1.165) is 5.69 Å². The smallest absolute Gasteiger partial charge is 0.307 e. The Morgan fingerprint density at radius 3 is 2.71 bits per heavy atom. The van der Waals surface area contributed by atoms with Crippen LogP contribution in [-0.4, -0.2) is 25.4 Å². The van der Waals surface area contributed by atoms with Crippen LogP contribution in [0.2, 0.25) is 0 Å². The molecule has 0 unspecified atom stereocenters. The summed E-state index contributed by atoms with van der Waals surface area (Å²) in [7, 11) is 0. The zero-order valence-corrected chi connectivity index (χ0v) is 10.1. The van der Waals surface area contributed by atoms with Crippen LogP contribution < -0.4 is 0 Å². The standard InChI is InChI=1S/C12H15N3O2/c1-12(2,3)9-7-15-6-8(4-10(16)17)5-13-11(15)14-9/h5-7H,4H2,1-3H3,(H,16,17). The minimum absolute atomic E-state index is 0.0219. The molecule has 5 heteroatoms. The number of carboxylic acids is 1. The molecule has 0 aliphatic rings. The molecule has 5 nitrogen and oxygen atoms in total. The molecule has 90 valence electrons. The number of hydrogen-bond donors (Lipinski definition) is 1. The van der Waals surface area contributed by atoms with E-state index < -0.39 is 5.97 Å². The molecule has 17 heavy (non-hydrogen) atoms. The summed E-state index contributed by atoms with van der Waals surface area (Å²) in [5, 5.41) is 8.72. The summed E-state index contributed by atoms with van der Waals surface area (Å²) >= 11 is 0. The van der Waals surface area contributed by atoms with Gasteiger partial charge in [0.2, 0.25) is 5.78 Å². The summed E-state index contributed by atoms with van der Waals surface area (Å²) in [6.45, 7) is 6.23. The van der Waals surface area contributed by atoms with Crippen molar-refractivity contribution in [1.29, 1.82) is 0 Å². The summed E-state index contributed by atoms with van der Waals surface area (Å²) in [6, 6.07) is 0. The molecular formula is C12H15N3O2. The number of aromatic nitrogens is 3. The first-order chi connectivity index (χ1) is 7.86. The number of aliphatic carboxylic acids is 1. The quantitative estimate of drug-likeness (QED) is 0.856. The molecule has 0 radical (unpaired) electrons. The predicted molar refractivity (Wildman–Crippen MR) is 63.0 cm³/mol. The largest absolute Gasteiger partial charge is 0.481 e. The minimum Gasteiger partial charge on any atom is -0.481 e. The third-order valence-corrected chi connectivity index (χ3v) is 2.49. The van der Waals surface area contributed by atoms with Crippen molar-refractivity contribution in [3.05, 3.63) is 29.8 Å². The van der Waals surface area contributed by atoms with Gasteiger partial charge in [0, 0.05) is 24.0 Å². The third kappa shape index (κ3) is 2.43. The van der Waals surface area contributed by atoms with Gasteiger partial charge < -0.3 is 5.11 Å². The Balaban J connectivity index is 2.44. The summed E-state index contributed by atoms with van der Waals surface area (Å²) in [5.41, 5.74) is 1.57. The van der Waals surface area contributed by atoms with Crippen molar-refractivity contribution < 1.29 is 9.90 Å². The maximum Gasteiger partial charge on any atom is 0.307 e. The summed E-state index contributed by atoms with van der Waals surface area (Å²) in [6.07, 6.45) is 5.20. The van der Waals surface area contributed by atoms with Gasteiger partial charge in [0.15, 0.2) is 0 Å². The number of rotatable bonds is 2. The lowest BCUT2D eigenvalue weighted by Crippen LogP contribution is -2.11. The monoisotopic (exact) mass is 233 g/mol. The number of hydrogen-bond acceptors (Lipinski definition) is 3. The molecule has 2 aromatic rings.